The van der Waals surface area contributed by atoms with Gasteiger partial charge in [-0.15, -0.1) is 0 Å². The molecule has 4 aliphatic carbocycles. The topological polar surface area (TPSA) is 42.2 Å². The third-order valence-electron chi connectivity index (χ3n) is 6.64. The minimum Gasteiger partial charge on any atom is -0.459 e. The second-order valence-corrected chi connectivity index (χ2v) is 8.62. The third kappa shape index (κ3) is 2.54. The summed E-state index contributed by atoms with van der Waals surface area (Å²) in [6.45, 7) is 0.500. The van der Waals surface area contributed by atoms with Gasteiger partial charge in [0.2, 0.25) is 5.91 Å². The molecule has 0 radical (unpaired) electrons. The summed E-state index contributed by atoms with van der Waals surface area (Å²) in [5, 5.41) is 4.20. The van der Waals surface area contributed by atoms with Crippen LogP contribution in [0.4, 0.5) is 0 Å². The van der Waals surface area contributed by atoms with Crippen LogP contribution in [-0.4, -0.2) is 5.91 Å². The molecule has 0 aliphatic heterocycles. The molecular weight excluding hydrogens is 298 g/mol. The summed E-state index contributed by atoms with van der Waals surface area (Å²) < 4.78 is 5.80. The zero-order valence-corrected chi connectivity index (χ0v) is 14.1. The van der Waals surface area contributed by atoms with Gasteiger partial charge in [0, 0.05) is 11.8 Å². The maximum absolute atomic E-state index is 12.6. The Hall–Kier alpha value is -1.77. The molecule has 1 heterocycles. The first-order valence-corrected chi connectivity index (χ1v) is 9.42. The smallest absolute Gasteiger partial charge is 0.220 e. The van der Waals surface area contributed by atoms with Gasteiger partial charge >= 0.3 is 0 Å². The van der Waals surface area contributed by atoms with Crippen LogP contribution in [0.15, 0.2) is 34.7 Å². The monoisotopic (exact) mass is 323 g/mol. The highest BCUT2D eigenvalue weighted by Crippen LogP contribution is 2.61. The van der Waals surface area contributed by atoms with Crippen LogP contribution in [0.5, 0.6) is 0 Å². The average molecular weight is 323 g/mol. The number of carbonyl (C=O) groups excluding carboxylic acids is 1. The Labute approximate surface area is 142 Å². The molecule has 4 fully saturated rings. The zero-order chi connectivity index (χ0) is 16.1. The van der Waals surface area contributed by atoms with Gasteiger partial charge in [-0.25, -0.2) is 0 Å². The molecule has 1 aromatic heterocycles. The summed E-state index contributed by atoms with van der Waals surface area (Å²) in [6, 6.07) is 10.0. The number of hydrogen-bond donors (Lipinski definition) is 1. The van der Waals surface area contributed by atoms with Gasteiger partial charge in [-0.05, 0) is 73.8 Å². The summed E-state index contributed by atoms with van der Waals surface area (Å²) in [5.41, 5.74) is 1.20. The molecule has 4 saturated carbocycles. The first kappa shape index (κ1) is 14.6. The quantitative estimate of drug-likeness (QED) is 0.889. The maximum Gasteiger partial charge on any atom is 0.220 e. The summed E-state index contributed by atoms with van der Waals surface area (Å²) in [7, 11) is 0. The largest absolute Gasteiger partial charge is 0.459 e. The van der Waals surface area contributed by atoms with Crippen LogP contribution in [0.25, 0.3) is 11.0 Å². The Balaban J connectivity index is 1.23. The lowest BCUT2D eigenvalue weighted by Gasteiger charge is -2.56. The van der Waals surface area contributed by atoms with E-state index < -0.39 is 0 Å². The zero-order valence-electron chi connectivity index (χ0n) is 14.1. The molecule has 1 aromatic carbocycles. The van der Waals surface area contributed by atoms with E-state index in [0.29, 0.717) is 12.0 Å². The molecule has 0 spiro atoms. The average Bonchev–Trinajstić information content (AvgIpc) is 2.94. The van der Waals surface area contributed by atoms with E-state index in [1.54, 1.807) is 0 Å². The summed E-state index contributed by atoms with van der Waals surface area (Å²) in [4.78, 5) is 12.6. The van der Waals surface area contributed by atoms with Crippen molar-refractivity contribution in [3.05, 3.63) is 36.1 Å². The van der Waals surface area contributed by atoms with Crippen LogP contribution in [0.1, 0.15) is 50.7 Å². The van der Waals surface area contributed by atoms with E-state index in [4.69, 9.17) is 4.42 Å². The highest BCUT2D eigenvalue weighted by Gasteiger charge is 2.51. The lowest BCUT2D eigenvalue weighted by Crippen LogP contribution is -2.47. The van der Waals surface area contributed by atoms with Gasteiger partial charge in [0.05, 0.1) is 6.54 Å². The van der Waals surface area contributed by atoms with E-state index in [-0.39, 0.29) is 5.91 Å². The van der Waals surface area contributed by atoms with Crippen molar-refractivity contribution in [1.29, 1.82) is 0 Å². The van der Waals surface area contributed by atoms with Crippen molar-refractivity contribution in [1.82, 2.24) is 5.32 Å². The fourth-order valence-electron chi connectivity index (χ4n) is 6.22. The van der Waals surface area contributed by atoms with Crippen molar-refractivity contribution in [3.8, 4) is 0 Å². The molecule has 2 aromatic rings. The lowest BCUT2D eigenvalue weighted by molar-refractivity contribution is -0.129. The van der Waals surface area contributed by atoms with Gasteiger partial charge in [-0.2, -0.15) is 0 Å². The van der Waals surface area contributed by atoms with E-state index in [1.807, 2.05) is 30.3 Å². The van der Waals surface area contributed by atoms with Crippen molar-refractivity contribution in [2.75, 3.05) is 0 Å². The lowest BCUT2D eigenvalue weighted by atomic mass is 9.49. The van der Waals surface area contributed by atoms with Crippen molar-refractivity contribution in [2.45, 2.75) is 51.5 Å². The van der Waals surface area contributed by atoms with Gasteiger partial charge in [0.25, 0.3) is 0 Å². The van der Waals surface area contributed by atoms with Crippen molar-refractivity contribution in [2.24, 2.45) is 23.2 Å². The van der Waals surface area contributed by atoms with E-state index in [1.165, 1.54) is 38.5 Å². The predicted octanol–water partition coefficient (Wildman–Crippen LogP) is 4.66. The molecule has 0 unspecified atom stereocenters. The van der Waals surface area contributed by atoms with Gasteiger partial charge in [-0.3, -0.25) is 4.79 Å². The normalized spacial score (nSPS) is 33.9. The fraction of sp³-hybridized carbons (Fsp3) is 0.571. The number of carbonyl (C=O) groups is 1. The number of hydrogen-bond acceptors (Lipinski definition) is 2. The summed E-state index contributed by atoms with van der Waals surface area (Å²) in [5.74, 6) is 3.76. The van der Waals surface area contributed by atoms with Gasteiger partial charge in [0.15, 0.2) is 0 Å². The second-order valence-electron chi connectivity index (χ2n) is 8.62. The van der Waals surface area contributed by atoms with Crippen molar-refractivity contribution >= 4 is 16.9 Å². The highest BCUT2D eigenvalue weighted by molar-refractivity contribution is 5.79. The molecule has 3 heteroatoms. The van der Waals surface area contributed by atoms with E-state index in [9.17, 15) is 4.79 Å². The van der Waals surface area contributed by atoms with Gasteiger partial charge in [0.1, 0.15) is 11.3 Å². The SMILES string of the molecule is O=C(CC12CC3CC(CC(C3)C1)C2)NCc1cc2ccccc2o1. The standard InChI is InChI=1S/C21H25NO2/c23-20(22-13-18-8-17-3-1-2-4-19(17)24-18)12-21-9-14-5-15(10-21)7-16(6-14)11-21/h1-4,8,14-16H,5-7,9-13H2,(H,22,23). The first-order chi connectivity index (χ1) is 11.7. The highest BCUT2D eigenvalue weighted by atomic mass is 16.3. The molecule has 0 atom stereocenters. The molecule has 4 bridgehead atoms. The van der Waals surface area contributed by atoms with Crippen molar-refractivity contribution in [3.63, 3.8) is 0 Å². The molecule has 0 saturated heterocycles. The van der Waals surface area contributed by atoms with Crippen LogP contribution in [0.2, 0.25) is 0 Å². The number of para-hydroxylation sites is 1. The molecule has 6 rings (SSSR count). The molecular formula is C21H25NO2. The fourth-order valence-corrected chi connectivity index (χ4v) is 6.22. The van der Waals surface area contributed by atoms with Gasteiger partial charge < -0.3 is 9.73 Å². The first-order valence-electron chi connectivity index (χ1n) is 9.42. The number of rotatable bonds is 4. The summed E-state index contributed by atoms with van der Waals surface area (Å²) in [6.07, 6.45) is 8.88. The minimum atomic E-state index is 0.206. The van der Waals surface area contributed by atoms with Crippen LogP contribution < -0.4 is 5.32 Å². The van der Waals surface area contributed by atoms with E-state index >= 15 is 0 Å². The Bertz CT molecular complexity index is 707. The maximum atomic E-state index is 12.6. The molecule has 3 nitrogen and oxygen atoms in total. The summed E-state index contributed by atoms with van der Waals surface area (Å²) >= 11 is 0. The predicted molar refractivity (Wildman–Crippen MR) is 93.3 cm³/mol. The van der Waals surface area contributed by atoms with E-state index in [2.05, 4.69) is 5.32 Å². The number of furan rings is 1. The third-order valence-corrected chi connectivity index (χ3v) is 6.64. The van der Waals surface area contributed by atoms with Crippen LogP contribution in [0.3, 0.4) is 0 Å². The van der Waals surface area contributed by atoms with Crippen LogP contribution in [0, 0.1) is 23.2 Å². The number of nitrogens with one attached hydrogen (secondary N) is 1. The van der Waals surface area contributed by atoms with Crippen molar-refractivity contribution < 1.29 is 9.21 Å². The Morgan fingerprint density at radius 1 is 1.08 bits per heavy atom. The second kappa shape index (κ2) is 5.37. The Kier molecular flexibility index (Phi) is 3.26. The molecule has 1 N–H and O–H groups in total. The molecule has 1 amide bonds. The van der Waals surface area contributed by atoms with Crippen LogP contribution >= 0.6 is 0 Å². The molecule has 4 aliphatic rings. The molecule has 126 valence electrons. The van der Waals surface area contributed by atoms with Gasteiger partial charge in [-0.1, -0.05) is 18.2 Å². The number of amides is 1. The van der Waals surface area contributed by atoms with E-state index in [0.717, 1.165) is 40.9 Å². The number of fused-ring (bicyclic) bond motifs is 1. The number of benzene rings is 1. The Morgan fingerprint density at radius 2 is 1.75 bits per heavy atom. The molecule has 24 heavy (non-hydrogen) atoms. The Morgan fingerprint density at radius 3 is 2.42 bits per heavy atom. The minimum absolute atomic E-state index is 0.206. The van der Waals surface area contributed by atoms with Crippen LogP contribution in [-0.2, 0) is 11.3 Å².